The normalized spacial score (nSPS) is 20.8. The number of amides is 6. The number of aliphatic hydroxyl groups is 1. The summed E-state index contributed by atoms with van der Waals surface area (Å²) in [5.74, 6) is -1.68. The quantitative estimate of drug-likeness (QED) is 0.296. The summed E-state index contributed by atoms with van der Waals surface area (Å²) in [7, 11) is 0. The van der Waals surface area contributed by atoms with Crippen LogP contribution in [-0.2, 0) is 36.9 Å². The van der Waals surface area contributed by atoms with Crippen LogP contribution in [0.1, 0.15) is 74.4 Å². The number of rotatable bonds is 6. The highest BCUT2D eigenvalue weighted by molar-refractivity contribution is 5.98. The Balaban J connectivity index is 1.43. The number of carbonyl (C=O) groups excluding carboxylic acids is 6. The molecular weight excluding hydrogens is 668 g/mol. The molecule has 2 aliphatic heterocycles. The van der Waals surface area contributed by atoms with Gasteiger partial charge in [-0.25, -0.2) is 0 Å². The largest absolute Gasteiger partial charge is 0.484 e. The molecule has 0 unspecified atom stereocenters. The van der Waals surface area contributed by atoms with E-state index in [-0.39, 0.29) is 56.2 Å². The second kappa shape index (κ2) is 19.6. The van der Waals surface area contributed by atoms with Crippen molar-refractivity contribution in [3.63, 3.8) is 0 Å². The second-order valence-electron chi connectivity index (χ2n) is 13.8. The third-order valence-electron chi connectivity index (χ3n) is 8.98. The molecule has 0 aliphatic carbocycles. The Bertz CT molecular complexity index is 1580. The fourth-order valence-corrected chi connectivity index (χ4v) is 6.23. The summed E-state index contributed by atoms with van der Waals surface area (Å²) < 4.78 is 5.67. The molecule has 5 N–H and O–H groups in total. The molecule has 14 heteroatoms. The van der Waals surface area contributed by atoms with E-state index in [1.54, 1.807) is 40.1 Å². The van der Waals surface area contributed by atoms with Crippen molar-refractivity contribution in [2.24, 2.45) is 5.92 Å². The van der Waals surface area contributed by atoms with Crippen LogP contribution in [0.15, 0.2) is 48.5 Å². The van der Waals surface area contributed by atoms with Gasteiger partial charge in [0.25, 0.3) is 11.8 Å². The Morgan fingerprint density at radius 2 is 1.63 bits per heavy atom. The fraction of sp³-hybridized carbons (Fsp3) is 0.526. The summed E-state index contributed by atoms with van der Waals surface area (Å²) in [5, 5.41) is 21.4. The maximum absolute atomic E-state index is 13.4. The highest BCUT2D eigenvalue weighted by atomic mass is 16.5. The molecule has 2 aromatic rings. The first-order valence-corrected chi connectivity index (χ1v) is 18.1. The highest BCUT2D eigenvalue weighted by Crippen LogP contribution is 2.22. The molecule has 0 saturated heterocycles. The van der Waals surface area contributed by atoms with Gasteiger partial charge in [-0.3, -0.25) is 28.8 Å². The third kappa shape index (κ3) is 12.1. The lowest BCUT2D eigenvalue weighted by Gasteiger charge is -2.26. The number of nitrogens with zero attached hydrogens (tertiary/aromatic N) is 2. The van der Waals surface area contributed by atoms with Crippen LogP contribution in [-0.4, -0.2) is 108 Å². The molecule has 2 heterocycles. The number of nitrogens with one attached hydrogen (secondary N) is 4. The zero-order valence-corrected chi connectivity index (χ0v) is 30.3. The predicted molar refractivity (Wildman–Crippen MR) is 193 cm³/mol. The summed E-state index contributed by atoms with van der Waals surface area (Å²) in [6.45, 7) is 7.04. The van der Waals surface area contributed by atoms with Crippen molar-refractivity contribution in [1.29, 1.82) is 0 Å². The van der Waals surface area contributed by atoms with E-state index in [1.807, 2.05) is 32.0 Å². The molecule has 4 rings (SSSR count). The topological polar surface area (TPSA) is 186 Å². The number of aliphatic hydroxyl groups excluding tert-OH is 1. The Hall–Kier alpha value is -4.98. The summed E-state index contributed by atoms with van der Waals surface area (Å²) in [6.07, 6.45) is 0.738. The number of ether oxygens (including phenoxy) is 1. The maximum atomic E-state index is 13.4. The van der Waals surface area contributed by atoms with Gasteiger partial charge in [0, 0.05) is 51.3 Å². The predicted octanol–water partition coefficient (Wildman–Crippen LogP) is 1.30. The molecule has 2 bridgehead atoms. The molecule has 0 aromatic heterocycles. The van der Waals surface area contributed by atoms with Crippen molar-refractivity contribution in [1.82, 2.24) is 31.1 Å². The smallest absolute Gasteiger partial charge is 0.257 e. The van der Waals surface area contributed by atoms with E-state index in [4.69, 9.17) is 4.74 Å². The minimum absolute atomic E-state index is 0.0379. The zero-order valence-electron chi connectivity index (χ0n) is 30.3. The summed E-state index contributed by atoms with van der Waals surface area (Å²) in [4.78, 5) is 81.7. The number of fused-ring (bicyclic) bond motifs is 3. The molecule has 6 amide bonds. The lowest BCUT2D eigenvalue weighted by molar-refractivity contribution is -0.134. The van der Waals surface area contributed by atoms with Crippen molar-refractivity contribution in [3.8, 4) is 5.75 Å². The Morgan fingerprint density at radius 1 is 0.885 bits per heavy atom. The van der Waals surface area contributed by atoms with E-state index in [9.17, 15) is 33.9 Å². The third-order valence-corrected chi connectivity index (χ3v) is 8.98. The number of hydrogen-bond donors (Lipinski definition) is 5. The molecule has 2 aliphatic rings. The number of benzene rings is 2. The Labute approximate surface area is 305 Å². The van der Waals surface area contributed by atoms with Gasteiger partial charge in [0.1, 0.15) is 17.8 Å². The second-order valence-corrected chi connectivity index (χ2v) is 13.8. The maximum Gasteiger partial charge on any atom is 0.257 e. The zero-order chi connectivity index (χ0) is 37.6. The van der Waals surface area contributed by atoms with Crippen LogP contribution in [0, 0.1) is 5.92 Å². The van der Waals surface area contributed by atoms with Crippen LogP contribution in [0.3, 0.4) is 0 Å². The van der Waals surface area contributed by atoms with E-state index >= 15 is 0 Å². The molecule has 0 spiro atoms. The first-order chi connectivity index (χ1) is 24.9. The molecule has 0 saturated carbocycles. The van der Waals surface area contributed by atoms with Gasteiger partial charge in [0.2, 0.25) is 23.6 Å². The van der Waals surface area contributed by atoms with Crippen LogP contribution in [0.5, 0.6) is 5.75 Å². The van der Waals surface area contributed by atoms with Crippen molar-refractivity contribution >= 4 is 35.4 Å². The molecule has 2 aromatic carbocycles. The molecule has 14 nitrogen and oxygen atoms in total. The first kappa shape index (κ1) is 39.8. The Kier molecular flexibility index (Phi) is 15.0. The van der Waals surface area contributed by atoms with Crippen molar-refractivity contribution < 1.29 is 38.6 Å². The van der Waals surface area contributed by atoms with Crippen LogP contribution in [0.25, 0.3) is 0 Å². The van der Waals surface area contributed by atoms with Gasteiger partial charge in [-0.05, 0) is 67.9 Å². The van der Waals surface area contributed by atoms with Crippen molar-refractivity contribution in [2.75, 3.05) is 39.3 Å². The molecular formula is C38H52N6O8. The van der Waals surface area contributed by atoms with Gasteiger partial charge >= 0.3 is 0 Å². The standard InChI is InChI=1S/C38H52N6O8/c1-25(2)20-31-36(49)42-35(26(3)45)37(50)40-15-6-7-17-43(34(48)14-19-44-23-28-11-4-5-13-30(28)38(44)51)18-9-16-39-33(47)24-52-29-12-8-10-27(21-29)22-32(46)41-31/h4-5,8,10-13,21,25-26,31,35,45H,6-7,9,14-20,22-24H2,1-3H3,(H,39,47)(H,40,50)(H,41,46)(H,42,49)/t26-,31-,35+/m1/s1. The van der Waals surface area contributed by atoms with Gasteiger partial charge < -0.3 is 40.9 Å². The van der Waals surface area contributed by atoms with Gasteiger partial charge in [-0.2, -0.15) is 0 Å². The monoisotopic (exact) mass is 720 g/mol. The molecule has 0 fully saturated rings. The highest BCUT2D eigenvalue weighted by Gasteiger charge is 2.31. The summed E-state index contributed by atoms with van der Waals surface area (Å²) in [6, 6.07) is 12.0. The lowest BCUT2D eigenvalue weighted by Crippen LogP contribution is -2.57. The molecule has 3 atom stereocenters. The molecule has 52 heavy (non-hydrogen) atoms. The van der Waals surface area contributed by atoms with E-state index in [0.29, 0.717) is 68.7 Å². The minimum atomic E-state index is -1.24. The first-order valence-electron chi connectivity index (χ1n) is 18.1. The van der Waals surface area contributed by atoms with Crippen LogP contribution >= 0.6 is 0 Å². The van der Waals surface area contributed by atoms with Gasteiger partial charge in [0.15, 0.2) is 6.61 Å². The van der Waals surface area contributed by atoms with E-state index in [0.717, 1.165) is 5.56 Å². The van der Waals surface area contributed by atoms with Crippen LogP contribution < -0.4 is 26.0 Å². The van der Waals surface area contributed by atoms with Gasteiger partial charge in [0.05, 0.1) is 12.5 Å². The number of carbonyl (C=O) groups is 6. The minimum Gasteiger partial charge on any atom is -0.484 e. The fourth-order valence-electron chi connectivity index (χ4n) is 6.23. The summed E-state index contributed by atoms with van der Waals surface area (Å²) >= 11 is 0. The average molecular weight is 721 g/mol. The van der Waals surface area contributed by atoms with Crippen LogP contribution in [0.4, 0.5) is 0 Å². The SMILES string of the molecule is CC(C)C[C@H]1NC(=O)Cc2cccc(c2)OCC(=O)NCCCN(C(=O)CCN2Cc3ccccc3C2=O)CCCCNC(=O)[C@H]([C@@H](C)O)NC1=O. The number of hydrogen-bond acceptors (Lipinski definition) is 8. The van der Waals surface area contributed by atoms with Gasteiger partial charge in [-0.1, -0.05) is 44.2 Å². The van der Waals surface area contributed by atoms with Crippen LogP contribution in [0.2, 0.25) is 0 Å². The van der Waals surface area contributed by atoms with E-state index in [1.165, 1.54) is 6.92 Å². The van der Waals surface area contributed by atoms with E-state index in [2.05, 4.69) is 21.3 Å². The van der Waals surface area contributed by atoms with Crippen molar-refractivity contribution in [2.45, 2.75) is 84.0 Å². The molecule has 0 radical (unpaired) electrons. The van der Waals surface area contributed by atoms with Gasteiger partial charge in [-0.15, -0.1) is 0 Å². The summed E-state index contributed by atoms with van der Waals surface area (Å²) in [5.41, 5.74) is 2.20. The average Bonchev–Trinajstić information content (AvgIpc) is 3.43. The van der Waals surface area contributed by atoms with Crippen molar-refractivity contribution in [3.05, 3.63) is 65.2 Å². The lowest BCUT2D eigenvalue weighted by atomic mass is 10.0. The van der Waals surface area contributed by atoms with E-state index < -0.39 is 35.9 Å². The Morgan fingerprint density at radius 3 is 2.38 bits per heavy atom. The molecule has 282 valence electrons.